The Morgan fingerprint density at radius 3 is 2.42 bits per heavy atom. The molecule has 0 spiro atoms. The fourth-order valence-electron chi connectivity index (χ4n) is 2.07. The number of carboxylic acids is 1. The van der Waals surface area contributed by atoms with Gasteiger partial charge in [-0.1, -0.05) is 0 Å². The summed E-state index contributed by atoms with van der Waals surface area (Å²) in [6.45, 7) is 3.81. The number of ether oxygens (including phenoxy) is 1. The quantitative estimate of drug-likeness (QED) is 0.859. The number of aromatic carboxylic acids is 1. The summed E-state index contributed by atoms with van der Waals surface area (Å²) < 4.78 is 6.08. The highest BCUT2D eigenvalue weighted by Crippen LogP contribution is 2.24. The van der Waals surface area contributed by atoms with E-state index >= 15 is 0 Å². The lowest BCUT2D eigenvalue weighted by molar-refractivity contribution is -0.141. The second kappa shape index (κ2) is 4.76. The number of carboxylic acid groups (broad SMARTS) is 1. The van der Waals surface area contributed by atoms with Crippen molar-refractivity contribution in [3.63, 3.8) is 0 Å². The molecule has 1 aromatic carbocycles. The molecule has 0 aliphatic carbocycles. The molecule has 100 valence electrons. The molecule has 2 aromatic rings. The molecule has 2 rings (SSSR count). The summed E-state index contributed by atoms with van der Waals surface area (Å²) in [7, 11) is 1.28. The van der Waals surface area contributed by atoms with E-state index in [-0.39, 0.29) is 12.2 Å². The molecule has 5 nitrogen and oxygen atoms in total. The molecule has 0 fully saturated rings. The summed E-state index contributed by atoms with van der Waals surface area (Å²) in [6.07, 6.45) is 0. The molecular weight excluding hydrogens is 246 g/mol. The SMILES string of the molecule is COC(=O)Cn1c(C(=O)O)cc2cc(C)c(C)cc21. The summed E-state index contributed by atoms with van der Waals surface area (Å²) in [5.41, 5.74) is 2.95. The molecule has 1 heterocycles. The topological polar surface area (TPSA) is 68.5 Å². The van der Waals surface area contributed by atoms with Gasteiger partial charge in [0.1, 0.15) is 12.2 Å². The molecule has 0 amide bonds. The van der Waals surface area contributed by atoms with Gasteiger partial charge in [-0.05, 0) is 43.2 Å². The first-order chi connectivity index (χ1) is 8.93. The molecule has 1 N–H and O–H groups in total. The third-order valence-corrected chi connectivity index (χ3v) is 3.25. The number of esters is 1. The van der Waals surface area contributed by atoms with Gasteiger partial charge in [0.25, 0.3) is 0 Å². The Hall–Kier alpha value is -2.30. The molecule has 5 heteroatoms. The lowest BCUT2D eigenvalue weighted by Gasteiger charge is -2.08. The largest absolute Gasteiger partial charge is 0.477 e. The number of benzene rings is 1. The highest BCUT2D eigenvalue weighted by Gasteiger charge is 2.17. The fourth-order valence-corrected chi connectivity index (χ4v) is 2.07. The van der Waals surface area contributed by atoms with E-state index in [9.17, 15) is 14.7 Å². The summed E-state index contributed by atoms with van der Waals surface area (Å²) in [4.78, 5) is 22.7. The van der Waals surface area contributed by atoms with Crippen LogP contribution in [0.5, 0.6) is 0 Å². The van der Waals surface area contributed by atoms with Crippen molar-refractivity contribution in [3.05, 3.63) is 35.0 Å². The maximum absolute atomic E-state index is 11.4. The van der Waals surface area contributed by atoms with Gasteiger partial charge in [-0.15, -0.1) is 0 Å². The summed E-state index contributed by atoms with van der Waals surface area (Å²) in [5.74, 6) is -1.53. The van der Waals surface area contributed by atoms with Crippen LogP contribution in [0, 0.1) is 13.8 Å². The van der Waals surface area contributed by atoms with Crippen molar-refractivity contribution < 1.29 is 19.4 Å². The van der Waals surface area contributed by atoms with Gasteiger partial charge in [0.15, 0.2) is 0 Å². The van der Waals surface area contributed by atoms with E-state index in [1.165, 1.54) is 11.7 Å². The summed E-state index contributed by atoms with van der Waals surface area (Å²) in [6, 6.07) is 5.39. The van der Waals surface area contributed by atoms with Crippen LogP contribution in [0.15, 0.2) is 18.2 Å². The number of carbonyl (C=O) groups is 2. The third kappa shape index (κ3) is 2.31. The zero-order valence-electron chi connectivity index (χ0n) is 11.1. The lowest BCUT2D eigenvalue weighted by Crippen LogP contribution is -2.16. The Morgan fingerprint density at radius 2 is 1.84 bits per heavy atom. The van der Waals surface area contributed by atoms with Gasteiger partial charge in [-0.2, -0.15) is 0 Å². The van der Waals surface area contributed by atoms with Crippen molar-refractivity contribution in [1.29, 1.82) is 0 Å². The molecule has 19 heavy (non-hydrogen) atoms. The van der Waals surface area contributed by atoms with E-state index < -0.39 is 11.9 Å². The Labute approximate surface area is 110 Å². The fraction of sp³-hybridized carbons (Fsp3) is 0.286. The highest BCUT2D eigenvalue weighted by molar-refractivity contribution is 5.96. The molecule has 0 saturated carbocycles. The van der Waals surface area contributed by atoms with E-state index in [0.29, 0.717) is 0 Å². The normalized spacial score (nSPS) is 10.7. The van der Waals surface area contributed by atoms with Gasteiger partial charge in [-0.3, -0.25) is 4.79 Å². The molecule has 0 unspecified atom stereocenters. The Kier molecular flexibility index (Phi) is 3.29. The average Bonchev–Trinajstić information content (AvgIpc) is 2.68. The Balaban J connectivity index is 2.69. The molecule has 1 aromatic heterocycles. The first-order valence-electron chi connectivity index (χ1n) is 5.84. The number of aromatic nitrogens is 1. The Morgan fingerprint density at radius 1 is 1.21 bits per heavy atom. The molecule has 0 aliphatic heterocycles. The number of fused-ring (bicyclic) bond motifs is 1. The number of rotatable bonds is 3. The number of hydrogen-bond acceptors (Lipinski definition) is 3. The van der Waals surface area contributed by atoms with Crippen LogP contribution in [-0.2, 0) is 16.1 Å². The van der Waals surface area contributed by atoms with Crippen LogP contribution in [0.4, 0.5) is 0 Å². The van der Waals surface area contributed by atoms with Crippen LogP contribution in [0.1, 0.15) is 21.6 Å². The van der Waals surface area contributed by atoms with Crippen molar-refractivity contribution in [3.8, 4) is 0 Å². The van der Waals surface area contributed by atoms with Gasteiger partial charge in [0, 0.05) is 10.9 Å². The number of carbonyl (C=O) groups excluding carboxylic acids is 1. The van der Waals surface area contributed by atoms with Crippen LogP contribution in [0.25, 0.3) is 10.9 Å². The smallest absolute Gasteiger partial charge is 0.352 e. The van der Waals surface area contributed by atoms with Crippen LogP contribution < -0.4 is 0 Å². The molecule has 0 saturated heterocycles. The predicted molar refractivity (Wildman–Crippen MR) is 70.4 cm³/mol. The molecule has 0 atom stereocenters. The monoisotopic (exact) mass is 261 g/mol. The van der Waals surface area contributed by atoms with Crippen LogP contribution in [0.3, 0.4) is 0 Å². The minimum atomic E-state index is -1.06. The molecule has 0 aliphatic rings. The van der Waals surface area contributed by atoms with Crippen molar-refractivity contribution in [2.75, 3.05) is 7.11 Å². The predicted octanol–water partition coefficient (Wildman–Crippen LogP) is 2.13. The third-order valence-electron chi connectivity index (χ3n) is 3.25. The van der Waals surface area contributed by atoms with Crippen molar-refractivity contribution >= 4 is 22.8 Å². The van der Waals surface area contributed by atoms with E-state index in [0.717, 1.165) is 22.0 Å². The number of aryl methyl sites for hydroxylation is 2. The van der Waals surface area contributed by atoms with Gasteiger partial charge in [0.05, 0.1) is 7.11 Å². The minimum absolute atomic E-state index is 0.0883. The van der Waals surface area contributed by atoms with Gasteiger partial charge >= 0.3 is 11.9 Å². The average molecular weight is 261 g/mol. The van der Waals surface area contributed by atoms with Crippen LogP contribution in [-0.4, -0.2) is 28.7 Å². The van der Waals surface area contributed by atoms with E-state index in [1.807, 2.05) is 26.0 Å². The van der Waals surface area contributed by atoms with Gasteiger partial charge in [-0.25, -0.2) is 4.79 Å². The summed E-state index contributed by atoms with van der Waals surface area (Å²) >= 11 is 0. The molecule has 0 bridgehead atoms. The van der Waals surface area contributed by atoms with Gasteiger partial charge < -0.3 is 14.4 Å². The standard InChI is InChI=1S/C14H15NO4/c1-8-4-10-6-12(14(17)18)15(7-13(16)19-3)11(10)5-9(8)2/h4-6H,7H2,1-3H3,(H,17,18). The highest BCUT2D eigenvalue weighted by atomic mass is 16.5. The summed E-state index contributed by atoms with van der Waals surface area (Å²) in [5, 5.41) is 10.0. The zero-order chi connectivity index (χ0) is 14.2. The van der Waals surface area contributed by atoms with E-state index in [4.69, 9.17) is 0 Å². The van der Waals surface area contributed by atoms with E-state index in [1.54, 1.807) is 6.07 Å². The second-order valence-electron chi connectivity index (χ2n) is 4.49. The van der Waals surface area contributed by atoms with E-state index in [2.05, 4.69) is 4.74 Å². The number of hydrogen-bond donors (Lipinski definition) is 1. The molecule has 0 radical (unpaired) electrons. The zero-order valence-corrected chi connectivity index (χ0v) is 11.1. The lowest BCUT2D eigenvalue weighted by atomic mass is 10.1. The second-order valence-corrected chi connectivity index (χ2v) is 4.49. The first kappa shape index (κ1) is 13.1. The van der Waals surface area contributed by atoms with Gasteiger partial charge in [0.2, 0.25) is 0 Å². The van der Waals surface area contributed by atoms with Crippen LogP contribution >= 0.6 is 0 Å². The number of nitrogens with zero attached hydrogens (tertiary/aromatic N) is 1. The maximum Gasteiger partial charge on any atom is 0.352 e. The minimum Gasteiger partial charge on any atom is -0.477 e. The van der Waals surface area contributed by atoms with Crippen LogP contribution in [0.2, 0.25) is 0 Å². The van der Waals surface area contributed by atoms with Crippen molar-refractivity contribution in [2.45, 2.75) is 20.4 Å². The Bertz CT molecular complexity index is 670. The van der Waals surface area contributed by atoms with Crippen molar-refractivity contribution in [1.82, 2.24) is 4.57 Å². The molecular formula is C14H15NO4. The maximum atomic E-state index is 11.4. The number of methoxy groups -OCH3 is 1. The van der Waals surface area contributed by atoms with Crippen molar-refractivity contribution in [2.24, 2.45) is 0 Å². The first-order valence-corrected chi connectivity index (χ1v) is 5.84.